The second kappa shape index (κ2) is 7.85. The first-order chi connectivity index (χ1) is 13.3. The Bertz CT molecular complexity index is 992. The molecule has 2 unspecified atom stereocenters. The molecule has 0 aliphatic heterocycles. The largest absolute Gasteiger partial charge is 0.393 e. The Hall–Kier alpha value is -3.14. The summed E-state index contributed by atoms with van der Waals surface area (Å²) in [6.45, 7) is 8.20. The van der Waals surface area contributed by atoms with Crippen LogP contribution in [0.3, 0.4) is 0 Å². The summed E-state index contributed by atoms with van der Waals surface area (Å²) in [5.74, 6) is -0.00617. The second-order valence-corrected chi connectivity index (χ2v) is 7.56. The van der Waals surface area contributed by atoms with Crippen molar-refractivity contribution < 1.29 is 4.92 Å². The highest BCUT2D eigenvalue weighted by Crippen LogP contribution is 2.38. The third-order valence-electron chi connectivity index (χ3n) is 5.53. The van der Waals surface area contributed by atoms with Crippen molar-refractivity contribution in [1.29, 1.82) is 0 Å². The third-order valence-corrected chi connectivity index (χ3v) is 5.53. The number of rotatable bonds is 5. The van der Waals surface area contributed by atoms with Crippen molar-refractivity contribution in [1.82, 2.24) is 0 Å². The maximum atomic E-state index is 11.7. The highest BCUT2D eigenvalue weighted by molar-refractivity contribution is 5.67. The fourth-order valence-corrected chi connectivity index (χ4v) is 3.52. The van der Waals surface area contributed by atoms with Crippen LogP contribution in [0.1, 0.15) is 59.1 Å². The number of benzene rings is 3. The molecule has 28 heavy (non-hydrogen) atoms. The van der Waals surface area contributed by atoms with E-state index in [1.165, 1.54) is 11.1 Å². The maximum absolute atomic E-state index is 11.7. The third kappa shape index (κ3) is 3.91. The standard InChI is InChI=1S/C24H26N2O2/c1-15-5-9-19(10-6-15)17(3)21-13-22(24(25)23(14-21)26(27)28)18(4)20-11-7-16(2)8-12-20/h5-14,17-18H,25H2,1-4H3. The lowest BCUT2D eigenvalue weighted by molar-refractivity contribution is -0.384. The van der Waals surface area contributed by atoms with Gasteiger partial charge in [0.1, 0.15) is 5.69 Å². The number of nitrogens with two attached hydrogens (primary N) is 1. The molecule has 144 valence electrons. The van der Waals surface area contributed by atoms with Crippen molar-refractivity contribution in [3.8, 4) is 0 Å². The lowest BCUT2D eigenvalue weighted by atomic mass is 9.85. The van der Waals surface area contributed by atoms with E-state index < -0.39 is 0 Å². The molecule has 3 aromatic carbocycles. The van der Waals surface area contributed by atoms with Gasteiger partial charge in [0, 0.05) is 17.9 Å². The fraction of sp³-hybridized carbons (Fsp3) is 0.250. The average molecular weight is 374 g/mol. The molecule has 0 saturated heterocycles. The number of nitrogen functional groups attached to an aromatic ring is 1. The fourth-order valence-electron chi connectivity index (χ4n) is 3.52. The van der Waals surface area contributed by atoms with Crippen molar-refractivity contribution in [3.63, 3.8) is 0 Å². The molecule has 3 aromatic rings. The molecule has 0 bridgehead atoms. The number of nitro benzene ring substituents is 1. The molecule has 0 aliphatic rings. The first kappa shape index (κ1) is 19.6. The van der Waals surface area contributed by atoms with E-state index in [0.717, 1.165) is 22.3 Å². The molecule has 3 rings (SSSR count). The van der Waals surface area contributed by atoms with Crippen LogP contribution in [0.2, 0.25) is 0 Å². The van der Waals surface area contributed by atoms with Gasteiger partial charge in [-0.2, -0.15) is 0 Å². The van der Waals surface area contributed by atoms with Crippen molar-refractivity contribution in [2.24, 2.45) is 0 Å². The van der Waals surface area contributed by atoms with Gasteiger partial charge < -0.3 is 5.73 Å². The summed E-state index contributed by atoms with van der Waals surface area (Å²) in [4.78, 5) is 11.3. The van der Waals surface area contributed by atoms with E-state index in [1.807, 2.05) is 26.8 Å². The van der Waals surface area contributed by atoms with Crippen LogP contribution in [0.25, 0.3) is 0 Å². The molecule has 0 spiro atoms. The SMILES string of the molecule is Cc1ccc(C(C)c2cc(C(C)c3ccc(C)cc3)c(N)c([N+](=O)[O-])c2)cc1. The predicted molar refractivity (Wildman–Crippen MR) is 115 cm³/mol. The lowest BCUT2D eigenvalue weighted by Gasteiger charge is -2.20. The van der Waals surface area contributed by atoms with Gasteiger partial charge in [-0.25, -0.2) is 0 Å². The normalized spacial score (nSPS) is 13.1. The van der Waals surface area contributed by atoms with Crippen molar-refractivity contribution in [3.05, 3.63) is 104 Å². The van der Waals surface area contributed by atoms with E-state index in [2.05, 4.69) is 55.5 Å². The zero-order valence-corrected chi connectivity index (χ0v) is 16.8. The van der Waals surface area contributed by atoms with Crippen LogP contribution in [0.4, 0.5) is 11.4 Å². The monoisotopic (exact) mass is 374 g/mol. The van der Waals surface area contributed by atoms with Gasteiger partial charge in [-0.05, 0) is 36.1 Å². The van der Waals surface area contributed by atoms with Crippen molar-refractivity contribution >= 4 is 11.4 Å². The smallest absolute Gasteiger partial charge is 0.292 e. The number of nitrogens with zero attached hydrogens (tertiary/aromatic N) is 1. The van der Waals surface area contributed by atoms with E-state index in [4.69, 9.17) is 5.73 Å². The van der Waals surface area contributed by atoms with Gasteiger partial charge in [-0.1, -0.05) is 79.6 Å². The molecular formula is C24H26N2O2. The number of hydrogen-bond acceptors (Lipinski definition) is 3. The second-order valence-electron chi connectivity index (χ2n) is 7.56. The molecule has 4 heteroatoms. The molecule has 0 saturated carbocycles. The quantitative estimate of drug-likeness (QED) is 0.333. The van der Waals surface area contributed by atoms with Crippen LogP contribution in [0.5, 0.6) is 0 Å². The van der Waals surface area contributed by atoms with Gasteiger partial charge in [0.2, 0.25) is 0 Å². The molecule has 0 heterocycles. The lowest BCUT2D eigenvalue weighted by Crippen LogP contribution is -2.08. The zero-order valence-electron chi connectivity index (χ0n) is 16.8. The van der Waals surface area contributed by atoms with Crippen LogP contribution in [0, 0.1) is 24.0 Å². The summed E-state index contributed by atoms with van der Waals surface area (Å²) in [6.07, 6.45) is 0. The van der Waals surface area contributed by atoms with Crippen molar-refractivity contribution in [2.75, 3.05) is 5.73 Å². The highest BCUT2D eigenvalue weighted by atomic mass is 16.6. The Kier molecular flexibility index (Phi) is 5.50. The minimum absolute atomic E-state index is 0.0228. The summed E-state index contributed by atoms with van der Waals surface area (Å²) in [5.41, 5.74) is 12.7. The Morgan fingerprint density at radius 3 is 1.71 bits per heavy atom. The summed E-state index contributed by atoms with van der Waals surface area (Å²) in [6, 6.07) is 20.1. The topological polar surface area (TPSA) is 69.2 Å². The maximum Gasteiger partial charge on any atom is 0.292 e. The summed E-state index contributed by atoms with van der Waals surface area (Å²) in [7, 11) is 0. The summed E-state index contributed by atoms with van der Waals surface area (Å²) >= 11 is 0. The Labute approximate surface area is 166 Å². The minimum Gasteiger partial charge on any atom is -0.393 e. The van der Waals surface area contributed by atoms with Gasteiger partial charge in [-0.3, -0.25) is 10.1 Å². The van der Waals surface area contributed by atoms with E-state index in [-0.39, 0.29) is 28.1 Å². The summed E-state index contributed by atoms with van der Waals surface area (Å²) in [5, 5.41) is 11.7. The van der Waals surface area contributed by atoms with Gasteiger partial charge in [0.05, 0.1) is 4.92 Å². The number of hydrogen-bond donors (Lipinski definition) is 1. The first-order valence-electron chi connectivity index (χ1n) is 9.48. The Balaban J connectivity index is 2.10. The molecule has 0 amide bonds. The first-order valence-corrected chi connectivity index (χ1v) is 9.48. The molecule has 0 fully saturated rings. The summed E-state index contributed by atoms with van der Waals surface area (Å²) < 4.78 is 0. The van der Waals surface area contributed by atoms with E-state index in [1.54, 1.807) is 6.07 Å². The van der Waals surface area contributed by atoms with Crippen LogP contribution >= 0.6 is 0 Å². The number of aryl methyl sites for hydroxylation is 2. The molecule has 2 N–H and O–H groups in total. The Morgan fingerprint density at radius 1 is 0.786 bits per heavy atom. The Morgan fingerprint density at radius 2 is 1.25 bits per heavy atom. The van der Waals surface area contributed by atoms with Gasteiger partial charge in [0.15, 0.2) is 0 Å². The average Bonchev–Trinajstić information content (AvgIpc) is 2.68. The molecule has 0 aliphatic carbocycles. The van der Waals surface area contributed by atoms with E-state index >= 15 is 0 Å². The van der Waals surface area contributed by atoms with Crippen LogP contribution in [0.15, 0.2) is 60.7 Å². The van der Waals surface area contributed by atoms with Crippen LogP contribution in [-0.4, -0.2) is 4.92 Å². The van der Waals surface area contributed by atoms with E-state index in [0.29, 0.717) is 0 Å². The van der Waals surface area contributed by atoms with E-state index in [9.17, 15) is 10.1 Å². The van der Waals surface area contributed by atoms with Gasteiger partial charge in [-0.15, -0.1) is 0 Å². The van der Waals surface area contributed by atoms with Crippen molar-refractivity contribution in [2.45, 2.75) is 39.5 Å². The van der Waals surface area contributed by atoms with Crippen LogP contribution in [-0.2, 0) is 0 Å². The molecule has 0 radical (unpaired) electrons. The molecule has 2 atom stereocenters. The molecular weight excluding hydrogens is 348 g/mol. The van der Waals surface area contributed by atoms with Gasteiger partial charge in [0.25, 0.3) is 5.69 Å². The zero-order chi connectivity index (χ0) is 20.4. The number of anilines is 1. The number of nitro groups is 1. The minimum atomic E-state index is -0.383. The molecule has 0 aromatic heterocycles. The van der Waals surface area contributed by atoms with Gasteiger partial charge >= 0.3 is 0 Å². The van der Waals surface area contributed by atoms with Crippen LogP contribution < -0.4 is 5.73 Å². The molecule has 4 nitrogen and oxygen atoms in total. The predicted octanol–water partition coefficient (Wildman–Crippen LogP) is 6.10. The highest BCUT2D eigenvalue weighted by Gasteiger charge is 2.23.